The van der Waals surface area contributed by atoms with Crippen LogP contribution in [0.25, 0.3) is 0 Å². The van der Waals surface area contributed by atoms with Crippen LogP contribution in [0.4, 0.5) is 0 Å². The van der Waals surface area contributed by atoms with Gasteiger partial charge >= 0.3 is 0 Å². The molecule has 0 heterocycles. The molecule has 0 aromatic rings. The van der Waals surface area contributed by atoms with Crippen LogP contribution in [-0.2, 0) is 9.53 Å². The number of rotatable bonds is 8. The van der Waals surface area contributed by atoms with Gasteiger partial charge in [-0.1, -0.05) is 19.9 Å². The predicted octanol–water partition coefficient (Wildman–Crippen LogP) is 2.13. The second-order valence-electron chi connectivity index (χ2n) is 4.06. The minimum atomic E-state index is -0.353. The van der Waals surface area contributed by atoms with E-state index >= 15 is 0 Å². The van der Waals surface area contributed by atoms with E-state index in [1.807, 2.05) is 0 Å². The molecule has 1 atom stereocenters. The largest absolute Gasteiger partial charge is 0.369 e. The number of carbonyl (C=O) groups excluding carboxylic acids is 1. The van der Waals surface area contributed by atoms with E-state index in [0.717, 1.165) is 12.8 Å². The van der Waals surface area contributed by atoms with E-state index in [0.29, 0.717) is 19.1 Å². The quantitative estimate of drug-likeness (QED) is 0.495. The standard InChI is InChI=1S/C12H23NO2/c1-5-6-8-13-12(14)11(4)15-9-7-10(2)3/h5,10-11H,1,6-9H2,2-4H3,(H,13,14). The number of nitrogens with one attached hydrogen (secondary N) is 1. The van der Waals surface area contributed by atoms with Gasteiger partial charge in [-0.3, -0.25) is 4.79 Å². The molecule has 1 unspecified atom stereocenters. The van der Waals surface area contributed by atoms with Crippen LogP contribution in [0, 0.1) is 5.92 Å². The first-order valence-corrected chi connectivity index (χ1v) is 5.58. The maximum Gasteiger partial charge on any atom is 0.248 e. The van der Waals surface area contributed by atoms with Crippen LogP contribution in [-0.4, -0.2) is 25.2 Å². The third-order valence-corrected chi connectivity index (χ3v) is 2.08. The fourth-order valence-corrected chi connectivity index (χ4v) is 0.997. The summed E-state index contributed by atoms with van der Waals surface area (Å²) in [6.45, 7) is 10.9. The molecule has 0 aromatic heterocycles. The van der Waals surface area contributed by atoms with E-state index in [1.54, 1.807) is 13.0 Å². The molecule has 88 valence electrons. The zero-order valence-electron chi connectivity index (χ0n) is 10.1. The summed E-state index contributed by atoms with van der Waals surface area (Å²) in [6, 6.07) is 0. The van der Waals surface area contributed by atoms with Crippen molar-refractivity contribution in [2.24, 2.45) is 5.92 Å². The molecule has 0 aliphatic rings. The van der Waals surface area contributed by atoms with Gasteiger partial charge < -0.3 is 10.1 Å². The highest BCUT2D eigenvalue weighted by molar-refractivity contribution is 5.80. The average molecular weight is 213 g/mol. The van der Waals surface area contributed by atoms with E-state index in [1.165, 1.54) is 0 Å². The molecule has 1 amide bonds. The first-order chi connectivity index (χ1) is 7.07. The van der Waals surface area contributed by atoms with Crippen LogP contribution in [0.3, 0.4) is 0 Å². The van der Waals surface area contributed by atoms with Gasteiger partial charge in [-0.15, -0.1) is 6.58 Å². The number of carbonyl (C=O) groups is 1. The van der Waals surface area contributed by atoms with Crippen LogP contribution in [0.1, 0.15) is 33.6 Å². The normalized spacial score (nSPS) is 12.5. The first-order valence-electron chi connectivity index (χ1n) is 5.58. The molecule has 0 aliphatic heterocycles. The number of hydrogen-bond donors (Lipinski definition) is 1. The Labute approximate surface area is 92.9 Å². The molecule has 0 rings (SSSR count). The fraction of sp³-hybridized carbons (Fsp3) is 0.750. The van der Waals surface area contributed by atoms with Crippen molar-refractivity contribution in [2.45, 2.75) is 39.7 Å². The summed E-state index contributed by atoms with van der Waals surface area (Å²) in [5.41, 5.74) is 0. The molecule has 0 spiro atoms. The summed E-state index contributed by atoms with van der Waals surface area (Å²) in [5.74, 6) is 0.571. The van der Waals surface area contributed by atoms with Crippen molar-refractivity contribution in [1.29, 1.82) is 0 Å². The van der Waals surface area contributed by atoms with E-state index in [4.69, 9.17) is 4.74 Å². The van der Waals surface area contributed by atoms with E-state index in [2.05, 4.69) is 25.7 Å². The zero-order valence-corrected chi connectivity index (χ0v) is 10.1. The maximum atomic E-state index is 11.4. The Balaban J connectivity index is 3.55. The summed E-state index contributed by atoms with van der Waals surface area (Å²) in [5, 5.41) is 2.79. The Morgan fingerprint density at radius 2 is 2.13 bits per heavy atom. The molecular weight excluding hydrogens is 190 g/mol. The second-order valence-corrected chi connectivity index (χ2v) is 4.06. The van der Waals surface area contributed by atoms with Crippen LogP contribution < -0.4 is 5.32 Å². The van der Waals surface area contributed by atoms with E-state index in [9.17, 15) is 4.79 Å². The minimum Gasteiger partial charge on any atom is -0.369 e. The fourth-order valence-electron chi connectivity index (χ4n) is 0.997. The Morgan fingerprint density at radius 3 is 2.67 bits per heavy atom. The molecule has 0 bridgehead atoms. The topological polar surface area (TPSA) is 38.3 Å². The Kier molecular flexibility index (Phi) is 8.01. The summed E-state index contributed by atoms with van der Waals surface area (Å²) in [6.07, 6.45) is 3.22. The molecule has 0 saturated carbocycles. The van der Waals surface area contributed by atoms with Crippen molar-refractivity contribution in [3.8, 4) is 0 Å². The van der Waals surface area contributed by atoms with Crippen molar-refractivity contribution in [3.63, 3.8) is 0 Å². The second kappa shape index (κ2) is 8.48. The van der Waals surface area contributed by atoms with E-state index in [-0.39, 0.29) is 12.0 Å². The summed E-state index contributed by atoms with van der Waals surface area (Å²) in [4.78, 5) is 11.4. The number of ether oxygens (including phenoxy) is 1. The third-order valence-electron chi connectivity index (χ3n) is 2.08. The van der Waals surface area contributed by atoms with Crippen molar-refractivity contribution in [2.75, 3.05) is 13.2 Å². The lowest BCUT2D eigenvalue weighted by Gasteiger charge is -2.13. The SMILES string of the molecule is C=CCCNC(=O)C(C)OCCC(C)C. The van der Waals surface area contributed by atoms with Crippen molar-refractivity contribution >= 4 is 5.91 Å². The average Bonchev–Trinajstić information content (AvgIpc) is 2.17. The van der Waals surface area contributed by atoms with Gasteiger partial charge in [-0.05, 0) is 25.7 Å². The Bertz CT molecular complexity index is 190. The minimum absolute atomic E-state index is 0.0411. The highest BCUT2D eigenvalue weighted by Crippen LogP contribution is 2.01. The monoisotopic (exact) mass is 213 g/mol. The molecule has 1 N–H and O–H groups in total. The van der Waals surface area contributed by atoms with Crippen LogP contribution >= 0.6 is 0 Å². The molecule has 0 aliphatic carbocycles. The lowest BCUT2D eigenvalue weighted by Crippen LogP contribution is -2.35. The molecule has 0 fully saturated rings. The van der Waals surface area contributed by atoms with Gasteiger partial charge in [0.1, 0.15) is 6.10 Å². The van der Waals surface area contributed by atoms with Crippen molar-refractivity contribution < 1.29 is 9.53 Å². The Morgan fingerprint density at radius 1 is 1.47 bits per heavy atom. The molecule has 0 aromatic carbocycles. The zero-order chi connectivity index (χ0) is 11.7. The number of hydrogen-bond acceptors (Lipinski definition) is 2. The lowest BCUT2D eigenvalue weighted by atomic mass is 10.1. The van der Waals surface area contributed by atoms with Gasteiger partial charge in [0.15, 0.2) is 0 Å². The molecule has 0 saturated heterocycles. The first kappa shape index (κ1) is 14.2. The highest BCUT2D eigenvalue weighted by atomic mass is 16.5. The summed E-state index contributed by atoms with van der Waals surface area (Å²) < 4.78 is 5.41. The van der Waals surface area contributed by atoms with Crippen molar-refractivity contribution in [3.05, 3.63) is 12.7 Å². The van der Waals surface area contributed by atoms with Gasteiger partial charge in [0.25, 0.3) is 0 Å². The van der Waals surface area contributed by atoms with Gasteiger partial charge in [0, 0.05) is 13.2 Å². The van der Waals surface area contributed by atoms with Crippen molar-refractivity contribution in [1.82, 2.24) is 5.32 Å². The summed E-state index contributed by atoms with van der Waals surface area (Å²) >= 11 is 0. The summed E-state index contributed by atoms with van der Waals surface area (Å²) in [7, 11) is 0. The van der Waals surface area contributed by atoms with Crippen LogP contribution in [0.5, 0.6) is 0 Å². The predicted molar refractivity (Wildman–Crippen MR) is 62.7 cm³/mol. The third kappa shape index (κ3) is 8.18. The van der Waals surface area contributed by atoms with Gasteiger partial charge in [0.2, 0.25) is 5.91 Å². The lowest BCUT2D eigenvalue weighted by molar-refractivity contribution is -0.131. The molecule has 15 heavy (non-hydrogen) atoms. The van der Waals surface area contributed by atoms with Crippen LogP contribution in [0.2, 0.25) is 0 Å². The van der Waals surface area contributed by atoms with E-state index < -0.39 is 0 Å². The van der Waals surface area contributed by atoms with Gasteiger partial charge in [0.05, 0.1) is 0 Å². The van der Waals surface area contributed by atoms with Gasteiger partial charge in [-0.2, -0.15) is 0 Å². The molecule has 3 nitrogen and oxygen atoms in total. The number of amides is 1. The molecular formula is C12H23NO2. The van der Waals surface area contributed by atoms with Gasteiger partial charge in [-0.25, -0.2) is 0 Å². The van der Waals surface area contributed by atoms with Crippen LogP contribution in [0.15, 0.2) is 12.7 Å². The Hall–Kier alpha value is -0.830. The molecule has 0 radical (unpaired) electrons. The highest BCUT2D eigenvalue weighted by Gasteiger charge is 2.11. The molecule has 3 heteroatoms. The smallest absolute Gasteiger partial charge is 0.248 e. The maximum absolute atomic E-state index is 11.4.